The molecule has 0 aromatic heterocycles. The van der Waals surface area contributed by atoms with Crippen molar-refractivity contribution in [2.24, 2.45) is 0 Å². The van der Waals surface area contributed by atoms with Crippen LogP contribution in [0.25, 0.3) is 0 Å². The third-order valence-corrected chi connectivity index (χ3v) is 4.69. The zero-order valence-corrected chi connectivity index (χ0v) is 12.5. The number of unbranched alkanes of at least 4 members (excludes halogenated alkanes) is 1. The molecular weight excluding hydrogens is 256 g/mol. The van der Waals surface area contributed by atoms with E-state index in [1.54, 1.807) is 14.2 Å². The van der Waals surface area contributed by atoms with Gasteiger partial charge in [0.05, 0.1) is 13.2 Å². The second-order valence-electron chi connectivity index (χ2n) is 3.93. The number of ether oxygens (including phenoxy) is 2. The molecular formula is C11H24O6Si. The molecule has 18 heavy (non-hydrogen) atoms. The van der Waals surface area contributed by atoms with Crippen molar-refractivity contribution in [3.8, 4) is 0 Å². The minimum Gasteiger partial charge on any atom is -0.379 e. The largest absolute Gasteiger partial charge is 0.679 e. The normalized spacial score (nSPS) is 19.2. The molecule has 0 bridgehead atoms. The van der Waals surface area contributed by atoms with Crippen molar-refractivity contribution in [1.29, 1.82) is 0 Å². The molecule has 1 aliphatic heterocycles. The lowest BCUT2D eigenvalue weighted by molar-refractivity contribution is -0.00784. The maximum Gasteiger partial charge on any atom is 0.679 e. The van der Waals surface area contributed by atoms with Crippen LogP contribution in [0, 0.1) is 0 Å². The molecule has 1 rings (SSSR count). The first kappa shape index (κ1) is 16.0. The predicted molar refractivity (Wildman–Crippen MR) is 67.1 cm³/mol. The van der Waals surface area contributed by atoms with Crippen LogP contribution in [0.15, 0.2) is 0 Å². The van der Waals surface area contributed by atoms with Crippen LogP contribution in [0.4, 0.5) is 0 Å². The Morgan fingerprint density at radius 2 is 1.78 bits per heavy atom. The van der Waals surface area contributed by atoms with E-state index in [2.05, 4.69) is 0 Å². The Bertz CT molecular complexity index is 208. The molecule has 1 unspecified atom stereocenters. The first-order valence-electron chi connectivity index (χ1n) is 6.34. The molecule has 1 saturated heterocycles. The van der Waals surface area contributed by atoms with Gasteiger partial charge in [-0.1, -0.05) is 0 Å². The number of rotatable bonds is 12. The second kappa shape index (κ2) is 8.97. The summed E-state index contributed by atoms with van der Waals surface area (Å²) in [6, 6.07) is 0. The van der Waals surface area contributed by atoms with Crippen molar-refractivity contribution >= 4 is 9.05 Å². The summed E-state index contributed by atoms with van der Waals surface area (Å²) < 4.78 is 31.9. The van der Waals surface area contributed by atoms with Crippen molar-refractivity contribution in [2.75, 3.05) is 47.3 Å². The molecule has 0 saturated carbocycles. The fourth-order valence-corrected chi connectivity index (χ4v) is 2.89. The summed E-state index contributed by atoms with van der Waals surface area (Å²) in [5.41, 5.74) is 0. The Hall–Kier alpha value is -0.0231. The Kier molecular flexibility index (Phi) is 7.99. The van der Waals surface area contributed by atoms with Crippen molar-refractivity contribution in [3.05, 3.63) is 0 Å². The van der Waals surface area contributed by atoms with Gasteiger partial charge in [0.15, 0.2) is 0 Å². The van der Waals surface area contributed by atoms with E-state index in [1.165, 1.54) is 0 Å². The van der Waals surface area contributed by atoms with Crippen LogP contribution >= 0.6 is 0 Å². The van der Waals surface area contributed by atoms with Crippen LogP contribution < -0.4 is 0 Å². The van der Waals surface area contributed by atoms with E-state index in [-0.39, 0.29) is 0 Å². The van der Waals surface area contributed by atoms with Gasteiger partial charge in [-0.25, -0.2) is 0 Å². The molecule has 1 fully saturated rings. The lowest BCUT2D eigenvalue weighted by atomic mass is 10.3. The Labute approximate surface area is 110 Å². The van der Waals surface area contributed by atoms with Crippen molar-refractivity contribution in [2.45, 2.75) is 25.9 Å². The molecule has 6 nitrogen and oxygen atoms in total. The van der Waals surface area contributed by atoms with Crippen LogP contribution in [0.1, 0.15) is 19.8 Å². The summed E-state index contributed by atoms with van der Waals surface area (Å²) >= 11 is 0. The molecule has 1 atom stereocenters. The Morgan fingerprint density at radius 3 is 2.33 bits per heavy atom. The molecule has 0 aromatic rings. The summed E-state index contributed by atoms with van der Waals surface area (Å²) in [6.45, 7) is 5.22. The monoisotopic (exact) mass is 280 g/mol. The van der Waals surface area contributed by atoms with E-state index in [9.17, 15) is 0 Å². The molecule has 1 aliphatic rings. The molecule has 0 radical (unpaired) electrons. The highest BCUT2D eigenvalue weighted by Crippen LogP contribution is 2.11. The highest BCUT2D eigenvalue weighted by atomic mass is 28.4. The summed E-state index contributed by atoms with van der Waals surface area (Å²) in [4.78, 5) is 0. The van der Waals surface area contributed by atoms with E-state index in [4.69, 9.17) is 27.2 Å². The topological polar surface area (TPSA) is 58.7 Å². The Morgan fingerprint density at radius 1 is 1.11 bits per heavy atom. The minimum absolute atomic E-state index is 0.334. The number of hydrogen-bond donors (Lipinski definition) is 0. The SMILES string of the molecule is CCO[Si](OC)(OC)OCCCCOCC1CO1. The predicted octanol–water partition coefficient (Wildman–Crippen LogP) is 0.963. The highest BCUT2D eigenvalue weighted by Gasteiger charge is 2.42. The third kappa shape index (κ3) is 6.23. The average molecular weight is 280 g/mol. The van der Waals surface area contributed by atoms with Crippen LogP contribution in [0.5, 0.6) is 0 Å². The first-order chi connectivity index (χ1) is 8.76. The minimum atomic E-state index is -2.88. The molecule has 7 heteroatoms. The van der Waals surface area contributed by atoms with Gasteiger partial charge in [-0.05, 0) is 19.8 Å². The van der Waals surface area contributed by atoms with E-state index >= 15 is 0 Å². The van der Waals surface area contributed by atoms with Crippen LogP contribution in [-0.2, 0) is 27.2 Å². The van der Waals surface area contributed by atoms with E-state index in [1.807, 2.05) is 6.92 Å². The van der Waals surface area contributed by atoms with Crippen molar-refractivity contribution in [1.82, 2.24) is 0 Å². The lowest BCUT2D eigenvalue weighted by Crippen LogP contribution is -2.47. The standard InChI is InChI=1S/C11H24O6Si/c1-4-16-18(12-2,13-3)17-8-6-5-7-14-9-11-10-15-11/h11H,4-10H2,1-3H3. The fourth-order valence-electron chi connectivity index (χ4n) is 1.42. The number of hydrogen-bond acceptors (Lipinski definition) is 6. The lowest BCUT2D eigenvalue weighted by Gasteiger charge is -2.24. The van der Waals surface area contributed by atoms with Crippen molar-refractivity contribution < 1.29 is 27.2 Å². The molecule has 0 aromatic carbocycles. The molecule has 0 amide bonds. The van der Waals surface area contributed by atoms with Crippen molar-refractivity contribution in [3.63, 3.8) is 0 Å². The molecule has 1 heterocycles. The zero-order valence-electron chi connectivity index (χ0n) is 11.5. The van der Waals surface area contributed by atoms with Gasteiger partial charge in [0, 0.05) is 34.0 Å². The van der Waals surface area contributed by atoms with Crippen LogP contribution in [-0.4, -0.2) is 62.4 Å². The maximum absolute atomic E-state index is 5.60. The van der Waals surface area contributed by atoms with Crippen LogP contribution in [0.3, 0.4) is 0 Å². The van der Waals surface area contributed by atoms with Gasteiger partial charge in [0.1, 0.15) is 6.10 Å². The van der Waals surface area contributed by atoms with E-state index < -0.39 is 9.05 Å². The van der Waals surface area contributed by atoms with Gasteiger partial charge in [-0.2, -0.15) is 0 Å². The summed E-state index contributed by atoms with van der Waals surface area (Å²) in [7, 11) is 0.211. The molecule has 0 N–H and O–H groups in total. The molecule has 0 spiro atoms. The third-order valence-electron chi connectivity index (χ3n) is 2.49. The molecule has 108 valence electrons. The first-order valence-corrected chi connectivity index (χ1v) is 7.97. The van der Waals surface area contributed by atoms with E-state index in [0.29, 0.717) is 25.9 Å². The summed E-state index contributed by atoms with van der Waals surface area (Å²) in [6.07, 6.45) is 2.16. The van der Waals surface area contributed by atoms with Gasteiger partial charge >= 0.3 is 9.05 Å². The van der Waals surface area contributed by atoms with Gasteiger partial charge < -0.3 is 27.2 Å². The van der Waals surface area contributed by atoms with Gasteiger partial charge in [-0.3, -0.25) is 0 Å². The van der Waals surface area contributed by atoms with Crippen LogP contribution in [0.2, 0.25) is 0 Å². The fraction of sp³-hybridized carbons (Fsp3) is 1.00. The average Bonchev–Trinajstić information content (AvgIpc) is 3.20. The van der Waals surface area contributed by atoms with E-state index in [0.717, 1.165) is 26.1 Å². The number of epoxide rings is 1. The smallest absolute Gasteiger partial charge is 0.379 e. The summed E-state index contributed by atoms with van der Waals surface area (Å²) in [5.74, 6) is 0. The maximum atomic E-state index is 5.60. The van der Waals surface area contributed by atoms with Gasteiger partial charge in [0.25, 0.3) is 0 Å². The zero-order chi connectivity index (χ0) is 13.3. The highest BCUT2D eigenvalue weighted by molar-refractivity contribution is 6.53. The summed E-state index contributed by atoms with van der Waals surface area (Å²) in [5, 5.41) is 0. The van der Waals surface area contributed by atoms with Gasteiger partial charge in [-0.15, -0.1) is 0 Å². The molecule has 0 aliphatic carbocycles. The van der Waals surface area contributed by atoms with Gasteiger partial charge in [0.2, 0.25) is 0 Å². The quantitative estimate of drug-likeness (QED) is 0.301. The Balaban J connectivity index is 1.99. The second-order valence-corrected chi connectivity index (χ2v) is 6.32.